The summed E-state index contributed by atoms with van der Waals surface area (Å²) in [6.45, 7) is 0.368. The number of aryl methyl sites for hydroxylation is 1. The van der Waals surface area contributed by atoms with Crippen molar-refractivity contribution in [3.8, 4) is 17.1 Å². The summed E-state index contributed by atoms with van der Waals surface area (Å²) >= 11 is 0. The van der Waals surface area contributed by atoms with E-state index < -0.39 is 0 Å². The first-order chi connectivity index (χ1) is 8.65. The zero-order valence-corrected chi connectivity index (χ0v) is 10.5. The van der Waals surface area contributed by atoms with E-state index in [0.717, 1.165) is 0 Å². The van der Waals surface area contributed by atoms with Crippen LogP contribution in [0.3, 0.4) is 0 Å². The van der Waals surface area contributed by atoms with Gasteiger partial charge in [0.15, 0.2) is 11.6 Å². The van der Waals surface area contributed by atoms with Crippen molar-refractivity contribution in [1.82, 2.24) is 14.8 Å². The van der Waals surface area contributed by atoms with Crippen LogP contribution in [0.2, 0.25) is 0 Å². The summed E-state index contributed by atoms with van der Waals surface area (Å²) in [5.74, 6) is 1.23. The van der Waals surface area contributed by atoms with Gasteiger partial charge in [-0.1, -0.05) is 0 Å². The van der Waals surface area contributed by atoms with Crippen LogP contribution >= 0.6 is 0 Å². The molecular weight excluding hydrogens is 237 g/mol. The number of methoxy groups -OCH3 is 2. The zero-order chi connectivity index (χ0) is 13.1. The van der Waals surface area contributed by atoms with Crippen LogP contribution in [0.25, 0.3) is 11.4 Å². The highest BCUT2D eigenvalue weighted by atomic mass is 19.1. The monoisotopic (exact) mass is 251 g/mol. The molecule has 1 heterocycles. The molecule has 5 nitrogen and oxygen atoms in total. The number of hydrogen-bond donors (Lipinski definition) is 0. The highest BCUT2D eigenvalue weighted by molar-refractivity contribution is 5.63. The van der Waals surface area contributed by atoms with Gasteiger partial charge in [-0.25, -0.2) is 9.37 Å². The van der Waals surface area contributed by atoms with Crippen molar-refractivity contribution in [3.63, 3.8) is 0 Å². The van der Waals surface area contributed by atoms with Crippen molar-refractivity contribution in [3.05, 3.63) is 29.8 Å². The fourth-order valence-corrected chi connectivity index (χ4v) is 1.64. The van der Waals surface area contributed by atoms with E-state index >= 15 is 0 Å². The fraction of sp³-hybridized carbons (Fsp3) is 0.333. The Morgan fingerprint density at radius 1 is 1.33 bits per heavy atom. The summed E-state index contributed by atoms with van der Waals surface area (Å²) in [7, 11) is 4.85. The van der Waals surface area contributed by atoms with Gasteiger partial charge in [-0.2, -0.15) is 5.10 Å². The Morgan fingerprint density at radius 2 is 2.11 bits per heavy atom. The minimum atomic E-state index is -0.358. The molecule has 0 fully saturated rings. The van der Waals surface area contributed by atoms with Crippen LogP contribution in [-0.2, 0) is 18.4 Å². The van der Waals surface area contributed by atoms with E-state index in [4.69, 9.17) is 9.47 Å². The van der Waals surface area contributed by atoms with Gasteiger partial charge in [0.05, 0.1) is 12.7 Å². The molecule has 2 rings (SSSR count). The topological polar surface area (TPSA) is 49.2 Å². The van der Waals surface area contributed by atoms with Gasteiger partial charge in [0.2, 0.25) is 0 Å². The lowest BCUT2D eigenvalue weighted by molar-refractivity contribution is 0.174. The summed E-state index contributed by atoms with van der Waals surface area (Å²) in [4.78, 5) is 4.33. The molecule has 0 spiro atoms. The van der Waals surface area contributed by atoms with E-state index in [1.165, 1.54) is 19.2 Å². The average molecular weight is 251 g/mol. The minimum absolute atomic E-state index is 0.358. The molecule has 0 saturated carbocycles. The third kappa shape index (κ3) is 2.33. The largest absolute Gasteiger partial charge is 0.496 e. The Hall–Kier alpha value is -1.95. The summed E-state index contributed by atoms with van der Waals surface area (Å²) in [5.41, 5.74) is 0.650. The first-order valence-corrected chi connectivity index (χ1v) is 5.38. The predicted octanol–water partition coefficient (Wildman–Crippen LogP) is 1.78. The molecule has 2 aromatic rings. The average Bonchev–Trinajstić information content (AvgIpc) is 2.71. The van der Waals surface area contributed by atoms with E-state index in [9.17, 15) is 4.39 Å². The minimum Gasteiger partial charge on any atom is -0.496 e. The van der Waals surface area contributed by atoms with Crippen molar-refractivity contribution in [2.45, 2.75) is 6.61 Å². The summed E-state index contributed by atoms with van der Waals surface area (Å²) < 4.78 is 24.9. The van der Waals surface area contributed by atoms with Gasteiger partial charge < -0.3 is 9.47 Å². The van der Waals surface area contributed by atoms with Gasteiger partial charge >= 0.3 is 0 Å². The maximum absolute atomic E-state index is 13.1. The van der Waals surface area contributed by atoms with E-state index in [-0.39, 0.29) is 5.82 Å². The lowest BCUT2D eigenvalue weighted by atomic mass is 10.2. The first-order valence-electron chi connectivity index (χ1n) is 5.38. The Morgan fingerprint density at radius 3 is 2.78 bits per heavy atom. The lowest BCUT2D eigenvalue weighted by Gasteiger charge is -2.04. The van der Waals surface area contributed by atoms with Crippen LogP contribution in [0.1, 0.15) is 5.82 Å². The van der Waals surface area contributed by atoms with Crippen molar-refractivity contribution in [2.75, 3.05) is 14.2 Å². The van der Waals surface area contributed by atoms with E-state index in [0.29, 0.717) is 29.6 Å². The molecule has 18 heavy (non-hydrogen) atoms. The summed E-state index contributed by atoms with van der Waals surface area (Å²) in [6, 6.07) is 4.26. The van der Waals surface area contributed by atoms with Gasteiger partial charge in [0.1, 0.15) is 18.2 Å². The van der Waals surface area contributed by atoms with E-state index in [1.54, 1.807) is 24.9 Å². The number of halogens is 1. The molecule has 1 aromatic carbocycles. The van der Waals surface area contributed by atoms with Crippen LogP contribution in [-0.4, -0.2) is 29.0 Å². The molecule has 0 saturated heterocycles. The second kappa shape index (κ2) is 5.14. The van der Waals surface area contributed by atoms with Crippen LogP contribution in [0.15, 0.2) is 18.2 Å². The Balaban J connectivity index is 2.45. The van der Waals surface area contributed by atoms with Gasteiger partial charge in [-0.15, -0.1) is 0 Å². The molecule has 0 amide bonds. The number of nitrogens with zero attached hydrogens (tertiary/aromatic N) is 3. The van der Waals surface area contributed by atoms with E-state index in [2.05, 4.69) is 10.1 Å². The summed E-state index contributed by atoms with van der Waals surface area (Å²) in [6.07, 6.45) is 0. The SMILES string of the molecule is COCc1nc(-c2ccc(F)cc2OC)nn1C. The number of aromatic nitrogens is 3. The van der Waals surface area contributed by atoms with Crippen LogP contribution in [0.4, 0.5) is 4.39 Å². The molecule has 0 atom stereocenters. The molecule has 6 heteroatoms. The molecule has 0 unspecified atom stereocenters. The number of benzene rings is 1. The van der Waals surface area contributed by atoms with Gasteiger partial charge in [-0.05, 0) is 12.1 Å². The lowest BCUT2D eigenvalue weighted by Crippen LogP contribution is -2.00. The van der Waals surface area contributed by atoms with Crippen LogP contribution < -0.4 is 4.74 Å². The van der Waals surface area contributed by atoms with Gasteiger partial charge in [0.25, 0.3) is 0 Å². The number of rotatable bonds is 4. The quantitative estimate of drug-likeness (QED) is 0.831. The molecule has 0 radical (unpaired) electrons. The molecule has 0 aliphatic heterocycles. The zero-order valence-electron chi connectivity index (χ0n) is 10.5. The molecule has 0 bridgehead atoms. The molecule has 0 aliphatic carbocycles. The van der Waals surface area contributed by atoms with Crippen molar-refractivity contribution in [2.24, 2.45) is 7.05 Å². The second-order valence-corrected chi connectivity index (χ2v) is 3.75. The molecule has 1 aromatic heterocycles. The highest BCUT2D eigenvalue weighted by Crippen LogP contribution is 2.28. The molecular formula is C12H14FN3O2. The maximum atomic E-state index is 13.1. The first kappa shape index (κ1) is 12.5. The number of hydrogen-bond acceptors (Lipinski definition) is 4. The fourth-order valence-electron chi connectivity index (χ4n) is 1.64. The Bertz CT molecular complexity index is 554. The van der Waals surface area contributed by atoms with E-state index in [1.807, 2.05) is 0 Å². The van der Waals surface area contributed by atoms with Gasteiger partial charge in [0, 0.05) is 20.2 Å². The molecule has 0 N–H and O–H groups in total. The Labute approximate surface area is 104 Å². The van der Waals surface area contributed by atoms with Crippen LogP contribution in [0, 0.1) is 5.82 Å². The van der Waals surface area contributed by atoms with Gasteiger partial charge in [-0.3, -0.25) is 4.68 Å². The second-order valence-electron chi connectivity index (χ2n) is 3.75. The number of ether oxygens (including phenoxy) is 2. The molecule has 0 aliphatic rings. The predicted molar refractivity (Wildman–Crippen MR) is 63.7 cm³/mol. The van der Waals surface area contributed by atoms with Crippen LogP contribution in [0.5, 0.6) is 5.75 Å². The van der Waals surface area contributed by atoms with Crippen molar-refractivity contribution < 1.29 is 13.9 Å². The molecule has 96 valence electrons. The Kier molecular flexibility index (Phi) is 3.57. The normalized spacial score (nSPS) is 10.7. The van der Waals surface area contributed by atoms with Crippen molar-refractivity contribution >= 4 is 0 Å². The highest BCUT2D eigenvalue weighted by Gasteiger charge is 2.14. The smallest absolute Gasteiger partial charge is 0.185 e. The maximum Gasteiger partial charge on any atom is 0.185 e. The van der Waals surface area contributed by atoms with Crippen molar-refractivity contribution in [1.29, 1.82) is 0 Å². The third-order valence-electron chi connectivity index (χ3n) is 2.53. The standard InChI is InChI=1S/C12H14FN3O2/c1-16-11(7-17-2)14-12(15-16)9-5-4-8(13)6-10(9)18-3/h4-6H,7H2,1-3H3. The summed E-state index contributed by atoms with van der Waals surface area (Å²) in [5, 5.41) is 4.26. The third-order valence-corrected chi connectivity index (χ3v) is 2.53.